The summed E-state index contributed by atoms with van der Waals surface area (Å²) in [6, 6.07) is 12.9. The molecule has 18 heavy (non-hydrogen) atoms. The van der Waals surface area contributed by atoms with Gasteiger partial charge >= 0.3 is 0 Å². The molecule has 0 aromatic heterocycles. The van der Waals surface area contributed by atoms with Crippen molar-refractivity contribution in [2.45, 2.75) is 39.0 Å². The minimum absolute atomic E-state index is 0.123. The number of halogens is 1. The predicted octanol–water partition coefficient (Wildman–Crippen LogP) is 5.86. The van der Waals surface area contributed by atoms with Crippen molar-refractivity contribution in [3.8, 4) is 0 Å². The molecule has 0 saturated carbocycles. The lowest BCUT2D eigenvalue weighted by Crippen LogP contribution is -1.96. The summed E-state index contributed by atoms with van der Waals surface area (Å²) in [5.74, 6) is 0.711. The normalized spacial score (nSPS) is 13.2. The van der Waals surface area contributed by atoms with Crippen LogP contribution in [0, 0.1) is 12.8 Å². The topological polar surface area (TPSA) is 0 Å². The molecule has 1 heteroatoms. The molecule has 2 aromatic carbocycles. The van der Waals surface area contributed by atoms with Gasteiger partial charge < -0.3 is 0 Å². The molecular formula is C17H21Cl. The SMILES string of the molecule is Cc1ccc(C(Cl)CCC(C)C)c2ccccc12. The lowest BCUT2D eigenvalue weighted by atomic mass is 9.95. The van der Waals surface area contributed by atoms with Crippen LogP contribution in [0.25, 0.3) is 10.8 Å². The summed E-state index contributed by atoms with van der Waals surface area (Å²) in [4.78, 5) is 0. The Kier molecular flexibility index (Phi) is 4.29. The molecule has 2 aromatic rings. The van der Waals surface area contributed by atoms with Gasteiger partial charge in [-0.1, -0.05) is 50.2 Å². The minimum Gasteiger partial charge on any atom is -0.118 e. The van der Waals surface area contributed by atoms with Crippen LogP contribution in [-0.2, 0) is 0 Å². The number of hydrogen-bond acceptors (Lipinski definition) is 0. The van der Waals surface area contributed by atoms with Gasteiger partial charge in [-0.3, -0.25) is 0 Å². The van der Waals surface area contributed by atoms with Crippen LogP contribution >= 0.6 is 11.6 Å². The number of hydrogen-bond donors (Lipinski definition) is 0. The highest BCUT2D eigenvalue weighted by molar-refractivity contribution is 6.21. The van der Waals surface area contributed by atoms with E-state index in [1.165, 1.54) is 28.3 Å². The molecule has 0 heterocycles. The van der Waals surface area contributed by atoms with Crippen LogP contribution in [-0.4, -0.2) is 0 Å². The van der Waals surface area contributed by atoms with Crippen LogP contribution in [0.5, 0.6) is 0 Å². The molecule has 0 nitrogen and oxygen atoms in total. The fourth-order valence-electron chi connectivity index (χ4n) is 2.38. The van der Waals surface area contributed by atoms with E-state index < -0.39 is 0 Å². The highest BCUT2D eigenvalue weighted by Crippen LogP contribution is 2.33. The first-order valence-electron chi connectivity index (χ1n) is 6.72. The number of alkyl halides is 1. The van der Waals surface area contributed by atoms with E-state index in [0.717, 1.165) is 6.42 Å². The summed E-state index contributed by atoms with van der Waals surface area (Å²) in [5, 5.41) is 2.75. The Balaban J connectivity index is 2.36. The van der Waals surface area contributed by atoms with Crippen molar-refractivity contribution < 1.29 is 0 Å². The zero-order valence-corrected chi connectivity index (χ0v) is 12.2. The fraction of sp³-hybridized carbons (Fsp3) is 0.412. The van der Waals surface area contributed by atoms with E-state index in [9.17, 15) is 0 Å². The van der Waals surface area contributed by atoms with Gasteiger partial charge in [-0.15, -0.1) is 11.6 Å². The van der Waals surface area contributed by atoms with E-state index in [1.54, 1.807) is 0 Å². The molecule has 96 valence electrons. The molecular weight excluding hydrogens is 240 g/mol. The molecule has 2 rings (SSSR count). The van der Waals surface area contributed by atoms with Gasteiger partial charge in [0.05, 0.1) is 5.38 Å². The van der Waals surface area contributed by atoms with Gasteiger partial charge in [0.15, 0.2) is 0 Å². The van der Waals surface area contributed by atoms with E-state index in [0.29, 0.717) is 5.92 Å². The van der Waals surface area contributed by atoms with Gasteiger partial charge in [-0.05, 0) is 47.6 Å². The highest BCUT2D eigenvalue weighted by Gasteiger charge is 2.12. The summed E-state index contributed by atoms with van der Waals surface area (Å²) in [5.41, 5.74) is 2.60. The van der Waals surface area contributed by atoms with Crippen LogP contribution in [0.3, 0.4) is 0 Å². The van der Waals surface area contributed by atoms with Crippen LogP contribution in [0.1, 0.15) is 43.2 Å². The first-order chi connectivity index (χ1) is 8.59. The monoisotopic (exact) mass is 260 g/mol. The largest absolute Gasteiger partial charge is 0.118 e. The molecule has 0 aliphatic carbocycles. The lowest BCUT2D eigenvalue weighted by molar-refractivity contribution is 0.550. The molecule has 0 radical (unpaired) electrons. The maximum Gasteiger partial charge on any atom is 0.0591 e. The van der Waals surface area contributed by atoms with E-state index in [4.69, 9.17) is 11.6 Å². The molecule has 0 spiro atoms. The number of fused-ring (bicyclic) bond motifs is 1. The zero-order valence-electron chi connectivity index (χ0n) is 11.4. The maximum absolute atomic E-state index is 6.58. The van der Waals surface area contributed by atoms with Crippen molar-refractivity contribution in [2.75, 3.05) is 0 Å². The van der Waals surface area contributed by atoms with Gasteiger partial charge in [-0.2, -0.15) is 0 Å². The molecule has 0 bridgehead atoms. The van der Waals surface area contributed by atoms with Gasteiger partial charge in [0.2, 0.25) is 0 Å². The van der Waals surface area contributed by atoms with E-state index in [-0.39, 0.29) is 5.38 Å². The van der Waals surface area contributed by atoms with E-state index in [2.05, 4.69) is 57.2 Å². The summed E-state index contributed by atoms with van der Waals surface area (Å²) in [7, 11) is 0. The molecule has 0 aliphatic rings. The van der Waals surface area contributed by atoms with Crippen molar-refractivity contribution in [3.63, 3.8) is 0 Å². The van der Waals surface area contributed by atoms with Crippen LogP contribution in [0.4, 0.5) is 0 Å². The fourth-order valence-corrected chi connectivity index (χ4v) is 2.70. The molecule has 0 N–H and O–H groups in total. The predicted molar refractivity (Wildman–Crippen MR) is 81.4 cm³/mol. The van der Waals surface area contributed by atoms with Crippen molar-refractivity contribution in [3.05, 3.63) is 47.5 Å². The third-order valence-electron chi connectivity index (χ3n) is 3.51. The first kappa shape index (κ1) is 13.4. The molecule has 1 atom stereocenters. The van der Waals surface area contributed by atoms with E-state index >= 15 is 0 Å². The summed E-state index contributed by atoms with van der Waals surface area (Å²) in [6.07, 6.45) is 2.22. The summed E-state index contributed by atoms with van der Waals surface area (Å²) >= 11 is 6.58. The van der Waals surface area contributed by atoms with Crippen molar-refractivity contribution in [1.29, 1.82) is 0 Å². The average molecular weight is 261 g/mol. The van der Waals surface area contributed by atoms with Crippen LogP contribution < -0.4 is 0 Å². The van der Waals surface area contributed by atoms with Gasteiger partial charge in [0.1, 0.15) is 0 Å². The van der Waals surface area contributed by atoms with Crippen LogP contribution in [0.2, 0.25) is 0 Å². The van der Waals surface area contributed by atoms with Gasteiger partial charge in [-0.25, -0.2) is 0 Å². The third kappa shape index (κ3) is 2.87. The Morgan fingerprint density at radius 3 is 2.28 bits per heavy atom. The van der Waals surface area contributed by atoms with Crippen molar-refractivity contribution in [2.24, 2.45) is 5.92 Å². The third-order valence-corrected chi connectivity index (χ3v) is 3.96. The number of benzene rings is 2. The summed E-state index contributed by atoms with van der Waals surface area (Å²) in [6.45, 7) is 6.65. The molecule has 0 aliphatic heterocycles. The zero-order chi connectivity index (χ0) is 13.1. The molecule has 0 amide bonds. The standard InChI is InChI=1S/C17H21Cl/c1-12(2)8-11-17(18)16-10-9-13(3)14-6-4-5-7-15(14)16/h4-7,9-10,12,17H,8,11H2,1-3H3. The first-order valence-corrected chi connectivity index (χ1v) is 7.15. The van der Waals surface area contributed by atoms with Gasteiger partial charge in [0, 0.05) is 0 Å². The summed E-state index contributed by atoms with van der Waals surface area (Å²) < 4.78 is 0. The quantitative estimate of drug-likeness (QED) is 0.604. The lowest BCUT2D eigenvalue weighted by Gasteiger charge is -2.15. The number of aryl methyl sites for hydroxylation is 1. The second-order valence-electron chi connectivity index (χ2n) is 5.46. The second kappa shape index (κ2) is 5.75. The van der Waals surface area contributed by atoms with E-state index in [1.807, 2.05) is 0 Å². The maximum atomic E-state index is 6.58. The Morgan fingerprint density at radius 1 is 0.944 bits per heavy atom. The second-order valence-corrected chi connectivity index (χ2v) is 5.98. The molecule has 1 unspecified atom stereocenters. The molecule has 0 saturated heterocycles. The minimum atomic E-state index is 0.123. The molecule has 0 fully saturated rings. The van der Waals surface area contributed by atoms with Crippen molar-refractivity contribution >= 4 is 22.4 Å². The smallest absolute Gasteiger partial charge is 0.0591 e. The Labute approximate surface area is 115 Å². The van der Waals surface area contributed by atoms with Gasteiger partial charge in [0.25, 0.3) is 0 Å². The number of rotatable bonds is 4. The van der Waals surface area contributed by atoms with Crippen LogP contribution in [0.15, 0.2) is 36.4 Å². The average Bonchev–Trinajstić information content (AvgIpc) is 2.37. The Bertz CT molecular complexity index is 528. The van der Waals surface area contributed by atoms with Crippen molar-refractivity contribution in [1.82, 2.24) is 0 Å². The highest BCUT2D eigenvalue weighted by atomic mass is 35.5. The Morgan fingerprint density at radius 2 is 1.61 bits per heavy atom. The Hall–Kier alpha value is -1.01.